The maximum Gasteiger partial charge on any atom is 0.228 e. The summed E-state index contributed by atoms with van der Waals surface area (Å²) in [4.78, 5) is 14.8. The second-order valence-electron chi connectivity index (χ2n) is 6.97. The molecule has 4 fully saturated rings. The highest BCUT2D eigenvalue weighted by molar-refractivity contribution is 9.09. The number of alkyl halides is 1. The van der Waals surface area contributed by atoms with Crippen LogP contribution in [0, 0.1) is 23.2 Å². The van der Waals surface area contributed by atoms with Crippen molar-refractivity contribution in [3.05, 3.63) is 0 Å². The first kappa shape index (κ1) is 13.0. The molecule has 0 heterocycles. The predicted molar refractivity (Wildman–Crippen MR) is 76.7 cm³/mol. The molecule has 1 amide bonds. The smallest absolute Gasteiger partial charge is 0.228 e. The molecule has 0 aliphatic heterocycles. The average Bonchev–Trinajstić information content (AvgIpc) is 2.33. The van der Waals surface area contributed by atoms with Gasteiger partial charge in [0.2, 0.25) is 5.91 Å². The van der Waals surface area contributed by atoms with Crippen molar-refractivity contribution in [2.75, 3.05) is 18.9 Å². The molecule has 4 rings (SSSR count). The van der Waals surface area contributed by atoms with Gasteiger partial charge in [0.1, 0.15) is 0 Å². The van der Waals surface area contributed by atoms with Gasteiger partial charge in [0.15, 0.2) is 0 Å². The number of hydrogen-bond acceptors (Lipinski definition) is 1. The average molecular weight is 314 g/mol. The standard InChI is InChI=1S/C15H24BrNO/c1-17(4-2-3-16)14(18)15-8-11-5-12(9-15)7-13(6-11)10-15/h11-13H,2-10H2,1H3. The Hall–Kier alpha value is -0.0500. The molecule has 0 radical (unpaired) electrons. The quantitative estimate of drug-likeness (QED) is 0.728. The molecule has 4 aliphatic rings. The number of nitrogens with zero attached hydrogens (tertiary/aromatic N) is 1. The molecular formula is C15H24BrNO. The maximum atomic E-state index is 12.8. The van der Waals surface area contributed by atoms with Crippen LogP contribution >= 0.6 is 15.9 Å². The number of amides is 1. The number of carbonyl (C=O) groups is 1. The minimum atomic E-state index is 0.0514. The van der Waals surface area contributed by atoms with Crippen molar-refractivity contribution in [1.82, 2.24) is 4.90 Å². The highest BCUT2D eigenvalue weighted by Gasteiger charge is 2.55. The summed E-state index contributed by atoms with van der Waals surface area (Å²) in [6, 6.07) is 0. The fraction of sp³-hybridized carbons (Fsp3) is 0.933. The lowest BCUT2D eigenvalue weighted by Crippen LogP contribution is -2.54. The van der Waals surface area contributed by atoms with Crippen LogP contribution in [0.1, 0.15) is 44.9 Å². The predicted octanol–water partition coefficient (Wildman–Crippen LogP) is 3.45. The summed E-state index contributed by atoms with van der Waals surface area (Å²) in [5.74, 6) is 3.06. The Labute approximate surface area is 119 Å². The first-order valence-electron chi connectivity index (χ1n) is 7.44. The highest BCUT2D eigenvalue weighted by atomic mass is 79.9. The fourth-order valence-corrected chi connectivity index (χ4v) is 5.43. The van der Waals surface area contributed by atoms with E-state index in [9.17, 15) is 4.79 Å². The van der Waals surface area contributed by atoms with Crippen molar-refractivity contribution in [1.29, 1.82) is 0 Å². The molecule has 3 heteroatoms. The SMILES string of the molecule is CN(CCCBr)C(=O)C12CC3CC(CC(C3)C1)C2. The van der Waals surface area contributed by atoms with Gasteiger partial charge in [-0.1, -0.05) is 15.9 Å². The lowest BCUT2D eigenvalue weighted by Gasteiger charge is -2.56. The summed E-state index contributed by atoms with van der Waals surface area (Å²) >= 11 is 3.45. The molecule has 0 atom stereocenters. The zero-order valence-electron chi connectivity index (χ0n) is 11.3. The zero-order chi connectivity index (χ0) is 12.8. The monoisotopic (exact) mass is 313 g/mol. The molecule has 0 N–H and O–H groups in total. The molecule has 4 bridgehead atoms. The highest BCUT2D eigenvalue weighted by Crippen LogP contribution is 2.60. The second kappa shape index (κ2) is 4.81. The Morgan fingerprint density at radius 1 is 1.17 bits per heavy atom. The van der Waals surface area contributed by atoms with Gasteiger partial charge >= 0.3 is 0 Å². The van der Waals surface area contributed by atoms with E-state index in [0.717, 1.165) is 36.0 Å². The van der Waals surface area contributed by atoms with Crippen LogP contribution in [0.15, 0.2) is 0 Å². The number of halogens is 1. The molecular weight excluding hydrogens is 290 g/mol. The van der Waals surface area contributed by atoms with Gasteiger partial charge in [-0.25, -0.2) is 0 Å². The van der Waals surface area contributed by atoms with Gasteiger partial charge in [0.05, 0.1) is 5.41 Å². The van der Waals surface area contributed by atoms with Crippen LogP contribution in [0.25, 0.3) is 0 Å². The zero-order valence-corrected chi connectivity index (χ0v) is 12.9. The summed E-state index contributed by atoms with van der Waals surface area (Å²) in [7, 11) is 2.00. The van der Waals surface area contributed by atoms with E-state index in [1.54, 1.807) is 0 Å². The fourth-order valence-electron chi connectivity index (χ4n) is 5.18. The molecule has 0 saturated heterocycles. The Kier molecular flexibility index (Phi) is 3.46. The topological polar surface area (TPSA) is 20.3 Å². The van der Waals surface area contributed by atoms with E-state index in [0.29, 0.717) is 5.91 Å². The summed E-state index contributed by atoms with van der Waals surface area (Å²) in [6.07, 6.45) is 8.88. The van der Waals surface area contributed by atoms with Crippen LogP contribution in [-0.2, 0) is 4.79 Å². The van der Waals surface area contributed by atoms with Gasteiger partial charge < -0.3 is 4.90 Å². The molecule has 2 nitrogen and oxygen atoms in total. The molecule has 0 aromatic heterocycles. The van der Waals surface area contributed by atoms with E-state index in [1.807, 2.05) is 11.9 Å². The van der Waals surface area contributed by atoms with Crippen LogP contribution in [0.3, 0.4) is 0 Å². The van der Waals surface area contributed by atoms with Gasteiger partial charge in [-0.2, -0.15) is 0 Å². The van der Waals surface area contributed by atoms with E-state index in [-0.39, 0.29) is 5.41 Å². The summed E-state index contributed by atoms with van der Waals surface area (Å²) in [6.45, 7) is 0.909. The third kappa shape index (κ3) is 2.13. The van der Waals surface area contributed by atoms with Crippen LogP contribution < -0.4 is 0 Å². The van der Waals surface area contributed by atoms with Crippen molar-refractivity contribution < 1.29 is 4.79 Å². The molecule has 0 aromatic carbocycles. The van der Waals surface area contributed by atoms with Gasteiger partial charge in [0, 0.05) is 18.9 Å². The Morgan fingerprint density at radius 2 is 1.67 bits per heavy atom. The van der Waals surface area contributed by atoms with E-state index >= 15 is 0 Å². The third-order valence-electron chi connectivity index (χ3n) is 5.47. The van der Waals surface area contributed by atoms with Crippen molar-refractivity contribution in [2.45, 2.75) is 44.9 Å². The molecule has 0 spiro atoms. The Morgan fingerprint density at radius 3 is 2.11 bits per heavy atom. The molecule has 0 unspecified atom stereocenters. The molecule has 4 saturated carbocycles. The van der Waals surface area contributed by atoms with Crippen LogP contribution in [0.4, 0.5) is 0 Å². The van der Waals surface area contributed by atoms with E-state index in [4.69, 9.17) is 0 Å². The lowest BCUT2D eigenvalue weighted by molar-refractivity contribution is -0.156. The Bertz CT molecular complexity index is 306. The minimum absolute atomic E-state index is 0.0514. The first-order chi connectivity index (χ1) is 8.63. The van der Waals surface area contributed by atoms with Gasteiger partial charge in [-0.15, -0.1) is 0 Å². The van der Waals surface area contributed by atoms with E-state index < -0.39 is 0 Å². The van der Waals surface area contributed by atoms with Gasteiger partial charge in [0.25, 0.3) is 0 Å². The van der Waals surface area contributed by atoms with E-state index in [2.05, 4.69) is 15.9 Å². The van der Waals surface area contributed by atoms with Gasteiger partial charge in [-0.3, -0.25) is 4.79 Å². The molecule has 102 valence electrons. The summed E-state index contributed by atoms with van der Waals surface area (Å²) < 4.78 is 0. The number of hydrogen-bond donors (Lipinski definition) is 0. The first-order valence-corrected chi connectivity index (χ1v) is 8.56. The summed E-state index contributed by atoms with van der Waals surface area (Å²) in [5, 5.41) is 0.992. The lowest BCUT2D eigenvalue weighted by atomic mass is 9.49. The Balaban J connectivity index is 1.72. The second-order valence-corrected chi connectivity index (χ2v) is 7.76. The van der Waals surface area contributed by atoms with Crippen molar-refractivity contribution >= 4 is 21.8 Å². The van der Waals surface area contributed by atoms with Crippen LogP contribution in [0.5, 0.6) is 0 Å². The summed E-state index contributed by atoms with van der Waals surface area (Å²) in [5.41, 5.74) is 0.0514. The molecule has 18 heavy (non-hydrogen) atoms. The number of carbonyl (C=O) groups excluding carboxylic acids is 1. The third-order valence-corrected chi connectivity index (χ3v) is 6.03. The van der Waals surface area contributed by atoms with Gasteiger partial charge in [-0.05, 0) is 62.7 Å². The number of rotatable bonds is 4. The van der Waals surface area contributed by atoms with Crippen molar-refractivity contribution in [3.63, 3.8) is 0 Å². The van der Waals surface area contributed by atoms with Crippen molar-refractivity contribution in [2.24, 2.45) is 23.2 Å². The largest absolute Gasteiger partial charge is 0.345 e. The molecule has 0 aromatic rings. The van der Waals surface area contributed by atoms with Crippen LogP contribution in [-0.4, -0.2) is 29.7 Å². The molecule has 4 aliphatic carbocycles. The normalized spacial score (nSPS) is 41.1. The van der Waals surface area contributed by atoms with E-state index in [1.165, 1.54) is 38.5 Å². The van der Waals surface area contributed by atoms with Crippen LogP contribution in [0.2, 0.25) is 0 Å². The van der Waals surface area contributed by atoms with Crippen molar-refractivity contribution in [3.8, 4) is 0 Å². The minimum Gasteiger partial charge on any atom is -0.345 e. The maximum absolute atomic E-state index is 12.8.